The molecule has 0 bridgehead atoms. The number of nitrogens with zero attached hydrogens (tertiary/aromatic N) is 4. The number of aromatic amines is 1. The summed E-state index contributed by atoms with van der Waals surface area (Å²) in [6.07, 6.45) is 5.32. The number of amides is 2. The first-order valence-electron chi connectivity index (χ1n) is 12.6. The molecule has 0 radical (unpaired) electrons. The van der Waals surface area contributed by atoms with Crippen molar-refractivity contribution in [2.24, 2.45) is 0 Å². The van der Waals surface area contributed by atoms with Crippen LogP contribution in [-0.4, -0.2) is 50.9 Å². The van der Waals surface area contributed by atoms with Crippen molar-refractivity contribution in [2.45, 2.75) is 39.2 Å². The van der Waals surface area contributed by atoms with Gasteiger partial charge in [0.05, 0.1) is 17.8 Å². The highest BCUT2D eigenvalue weighted by Crippen LogP contribution is 2.26. The van der Waals surface area contributed by atoms with E-state index < -0.39 is 0 Å². The van der Waals surface area contributed by atoms with Gasteiger partial charge in [-0.15, -0.1) is 0 Å². The quantitative estimate of drug-likeness (QED) is 0.343. The maximum Gasteiger partial charge on any atom is 0.296 e. The number of pyridine rings is 1. The monoisotopic (exact) mass is 507 g/mol. The molecule has 4 aromatic rings. The molecule has 192 valence electrons. The zero-order valence-electron chi connectivity index (χ0n) is 21.4. The maximum atomic E-state index is 12.8. The first-order chi connectivity index (χ1) is 18.5. The minimum Gasteiger partial charge on any atom is -0.369 e. The highest BCUT2D eigenvalue weighted by Gasteiger charge is 2.21. The van der Waals surface area contributed by atoms with Crippen LogP contribution < -0.4 is 15.5 Å². The summed E-state index contributed by atoms with van der Waals surface area (Å²) in [5.41, 5.74) is 6.06. The van der Waals surface area contributed by atoms with Crippen LogP contribution in [0.2, 0.25) is 0 Å². The Morgan fingerprint density at radius 2 is 1.97 bits per heavy atom. The SMILES string of the molecule is CC#CC(=O)NC1CCCN(c2ccnc(CC(=O)Nc3ccc(-c4cc5c(C)ncnc5[nH]4)cc3)c2)C1. The molecule has 1 unspecified atom stereocenters. The Morgan fingerprint density at radius 3 is 2.76 bits per heavy atom. The van der Waals surface area contributed by atoms with Gasteiger partial charge >= 0.3 is 0 Å². The summed E-state index contributed by atoms with van der Waals surface area (Å²) in [6.45, 7) is 5.19. The maximum absolute atomic E-state index is 12.8. The average Bonchev–Trinajstić information content (AvgIpc) is 3.35. The number of aryl methyl sites for hydroxylation is 1. The van der Waals surface area contributed by atoms with Gasteiger partial charge in [-0.1, -0.05) is 18.1 Å². The molecule has 38 heavy (non-hydrogen) atoms. The summed E-state index contributed by atoms with van der Waals surface area (Å²) in [6, 6.07) is 13.6. The molecule has 0 aliphatic carbocycles. The van der Waals surface area contributed by atoms with Gasteiger partial charge in [-0.2, -0.15) is 0 Å². The number of aromatic nitrogens is 4. The highest BCUT2D eigenvalue weighted by molar-refractivity contribution is 5.94. The molecule has 1 atom stereocenters. The zero-order valence-corrected chi connectivity index (χ0v) is 21.4. The molecule has 1 fully saturated rings. The van der Waals surface area contributed by atoms with Crippen LogP contribution in [0.3, 0.4) is 0 Å². The molecule has 1 aromatic carbocycles. The second-order valence-electron chi connectivity index (χ2n) is 9.35. The minimum absolute atomic E-state index is 0.0429. The number of H-pyrrole nitrogens is 1. The molecule has 0 spiro atoms. The van der Waals surface area contributed by atoms with Gasteiger partial charge in [0.25, 0.3) is 5.91 Å². The van der Waals surface area contributed by atoms with Gasteiger partial charge in [0.1, 0.15) is 12.0 Å². The highest BCUT2D eigenvalue weighted by atomic mass is 16.2. The number of rotatable bonds is 6. The van der Waals surface area contributed by atoms with E-state index in [1.54, 1.807) is 19.4 Å². The van der Waals surface area contributed by atoms with Gasteiger partial charge in [-0.25, -0.2) is 9.97 Å². The van der Waals surface area contributed by atoms with Crippen LogP contribution in [0.1, 0.15) is 31.2 Å². The molecule has 3 aromatic heterocycles. The molecule has 9 nitrogen and oxygen atoms in total. The van der Waals surface area contributed by atoms with Crippen molar-refractivity contribution in [1.29, 1.82) is 0 Å². The number of hydrogen-bond acceptors (Lipinski definition) is 6. The number of benzene rings is 1. The molecule has 1 aliphatic rings. The van der Waals surface area contributed by atoms with Gasteiger partial charge < -0.3 is 20.5 Å². The van der Waals surface area contributed by atoms with Crippen molar-refractivity contribution >= 4 is 34.2 Å². The Morgan fingerprint density at radius 1 is 1.13 bits per heavy atom. The summed E-state index contributed by atoms with van der Waals surface area (Å²) >= 11 is 0. The van der Waals surface area contributed by atoms with E-state index >= 15 is 0 Å². The van der Waals surface area contributed by atoms with Crippen molar-refractivity contribution in [1.82, 2.24) is 25.3 Å². The molecular formula is C29H29N7O2. The lowest BCUT2D eigenvalue weighted by Crippen LogP contribution is -2.47. The molecule has 9 heteroatoms. The van der Waals surface area contributed by atoms with Gasteiger partial charge in [0, 0.05) is 47.8 Å². The van der Waals surface area contributed by atoms with Crippen LogP contribution in [0.4, 0.5) is 11.4 Å². The third-order valence-electron chi connectivity index (χ3n) is 6.61. The van der Waals surface area contributed by atoms with E-state index in [1.807, 2.05) is 49.4 Å². The number of hydrogen-bond donors (Lipinski definition) is 3. The third kappa shape index (κ3) is 5.81. The largest absolute Gasteiger partial charge is 0.369 e. The van der Waals surface area contributed by atoms with E-state index in [-0.39, 0.29) is 24.3 Å². The number of fused-ring (bicyclic) bond motifs is 1. The van der Waals surface area contributed by atoms with E-state index in [0.29, 0.717) is 17.9 Å². The Balaban J connectivity index is 1.20. The van der Waals surface area contributed by atoms with E-state index in [1.165, 1.54) is 0 Å². The van der Waals surface area contributed by atoms with Gasteiger partial charge in [-0.05, 0) is 68.5 Å². The molecule has 1 saturated heterocycles. The van der Waals surface area contributed by atoms with Crippen LogP contribution in [0.25, 0.3) is 22.3 Å². The lowest BCUT2D eigenvalue weighted by molar-refractivity contribution is -0.116. The first-order valence-corrected chi connectivity index (χ1v) is 12.6. The second-order valence-corrected chi connectivity index (χ2v) is 9.35. The third-order valence-corrected chi connectivity index (χ3v) is 6.61. The van der Waals surface area contributed by atoms with Crippen LogP contribution >= 0.6 is 0 Å². The smallest absolute Gasteiger partial charge is 0.296 e. The van der Waals surface area contributed by atoms with Crippen molar-refractivity contribution in [3.63, 3.8) is 0 Å². The molecule has 5 rings (SSSR count). The van der Waals surface area contributed by atoms with Crippen molar-refractivity contribution in [2.75, 3.05) is 23.3 Å². The fraction of sp³-hybridized carbons (Fsp3) is 0.276. The average molecular weight is 508 g/mol. The van der Waals surface area contributed by atoms with E-state index in [9.17, 15) is 9.59 Å². The Hall–Kier alpha value is -4.71. The molecule has 3 N–H and O–H groups in total. The molecule has 2 amide bonds. The predicted octanol–water partition coefficient (Wildman–Crippen LogP) is 3.62. The summed E-state index contributed by atoms with van der Waals surface area (Å²) in [7, 11) is 0. The normalized spacial score (nSPS) is 15.0. The number of piperidine rings is 1. The Bertz CT molecular complexity index is 1530. The lowest BCUT2D eigenvalue weighted by atomic mass is 10.0. The van der Waals surface area contributed by atoms with Crippen molar-refractivity contribution in [3.05, 3.63) is 66.4 Å². The van der Waals surface area contributed by atoms with Gasteiger partial charge in [0.2, 0.25) is 5.91 Å². The van der Waals surface area contributed by atoms with Crippen LogP contribution in [0, 0.1) is 18.8 Å². The summed E-state index contributed by atoms with van der Waals surface area (Å²) in [5.74, 6) is 4.79. The fourth-order valence-electron chi connectivity index (χ4n) is 4.75. The zero-order chi connectivity index (χ0) is 26.5. The minimum atomic E-state index is -0.245. The number of nitrogens with one attached hydrogen (secondary N) is 3. The molecule has 1 aliphatic heterocycles. The molecule has 0 saturated carbocycles. The number of carbonyl (C=O) groups excluding carboxylic acids is 2. The molecule has 4 heterocycles. The van der Waals surface area contributed by atoms with Gasteiger partial charge in [-0.3, -0.25) is 14.6 Å². The first kappa shape index (κ1) is 25.0. The van der Waals surface area contributed by atoms with Crippen molar-refractivity contribution in [3.8, 4) is 23.1 Å². The van der Waals surface area contributed by atoms with Gasteiger partial charge in [0.15, 0.2) is 0 Å². The number of carbonyl (C=O) groups is 2. The summed E-state index contributed by atoms with van der Waals surface area (Å²) < 4.78 is 0. The fourth-order valence-corrected chi connectivity index (χ4v) is 4.75. The second kappa shape index (κ2) is 11.1. The van der Waals surface area contributed by atoms with Crippen molar-refractivity contribution < 1.29 is 9.59 Å². The standard InChI is InChI=1S/C29H29N7O2/c1-3-5-27(37)34-22-6-4-13-36(17-22)24-11-12-30-23(14-24)15-28(38)33-21-9-7-20(8-10-21)26-16-25-19(2)31-18-32-29(25)35-26/h7-12,14,16,18,22H,4,6,13,15,17H2,1-2H3,(H,33,38)(H,34,37)(H,31,32,35). The number of anilines is 2. The Kier molecular flexibility index (Phi) is 7.31. The van der Waals surface area contributed by atoms with E-state index in [4.69, 9.17) is 0 Å². The predicted molar refractivity (Wildman–Crippen MR) is 147 cm³/mol. The lowest BCUT2D eigenvalue weighted by Gasteiger charge is -2.34. The molecular weight excluding hydrogens is 478 g/mol. The van der Waals surface area contributed by atoms with Crippen LogP contribution in [0.15, 0.2) is 55.0 Å². The van der Waals surface area contributed by atoms with Crippen LogP contribution in [-0.2, 0) is 16.0 Å². The van der Waals surface area contributed by atoms with E-state index in [0.717, 1.165) is 53.1 Å². The summed E-state index contributed by atoms with van der Waals surface area (Å²) in [4.78, 5) is 43.1. The topological polar surface area (TPSA) is 116 Å². The van der Waals surface area contributed by atoms with Crippen LogP contribution in [0.5, 0.6) is 0 Å². The Labute approximate surface area is 221 Å². The van der Waals surface area contributed by atoms with E-state index in [2.05, 4.69) is 47.3 Å². The summed E-state index contributed by atoms with van der Waals surface area (Å²) in [5, 5.41) is 6.93.